The molecule has 3 heteroatoms. The predicted octanol–water partition coefficient (Wildman–Crippen LogP) is 4.32. The number of likely N-dealkylation sites (N-methyl/N-ethyl adjacent to an activating group) is 1. The van der Waals surface area contributed by atoms with Gasteiger partial charge in [0.15, 0.2) is 0 Å². The Morgan fingerprint density at radius 2 is 2.10 bits per heavy atom. The minimum atomic E-state index is 0.214. The van der Waals surface area contributed by atoms with Gasteiger partial charge in [-0.1, -0.05) is 47.0 Å². The summed E-state index contributed by atoms with van der Waals surface area (Å²) in [4.78, 5) is 0. The Kier molecular flexibility index (Phi) is 5.03. The first-order chi connectivity index (χ1) is 10.2. The van der Waals surface area contributed by atoms with Crippen LogP contribution < -0.4 is 5.32 Å². The third-order valence-electron chi connectivity index (χ3n) is 5.38. The molecule has 0 aromatic heterocycles. The second-order valence-electron chi connectivity index (χ2n) is 6.68. The summed E-state index contributed by atoms with van der Waals surface area (Å²) in [7, 11) is 2.11. The average molecular weight is 352 g/mol. The van der Waals surface area contributed by atoms with E-state index < -0.39 is 0 Å². The highest BCUT2D eigenvalue weighted by atomic mass is 79.9. The van der Waals surface area contributed by atoms with Crippen molar-refractivity contribution in [2.75, 3.05) is 13.7 Å². The summed E-state index contributed by atoms with van der Waals surface area (Å²) in [6, 6.07) is 9.15. The maximum atomic E-state index is 6.19. The SMILES string of the molecule is CNC(Cc1ccccc1Br)C1CCOC2(CCCC2)C1. The van der Waals surface area contributed by atoms with Crippen LogP contribution in [0, 0.1) is 5.92 Å². The van der Waals surface area contributed by atoms with Crippen LogP contribution in [-0.4, -0.2) is 25.3 Å². The zero-order valence-corrected chi connectivity index (χ0v) is 14.5. The Bertz CT molecular complexity index is 470. The van der Waals surface area contributed by atoms with E-state index in [1.165, 1.54) is 48.6 Å². The molecule has 1 saturated heterocycles. The number of ether oxygens (including phenoxy) is 1. The fourth-order valence-electron chi connectivity index (χ4n) is 4.18. The standard InChI is InChI=1S/C18H26BrNO/c1-20-17(12-14-6-2-3-7-16(14)19)15-8-11-21-18(13-15)9-4-5-10-18/h2-3,6-7,15,17,20H,4-5,8-13H2,1H3. The van der Waals surface area contributed by atoms with Gasteiger partial charge < -0.3 is 10.1 Å². The molecular weight excluding hydrogens is 326 g/mol. The fraction of sp³-hybridized carbons (Fsp3) is 0.667. The van der Waals surface area contributed by atoms with Crippen molar-refractivity contribution in [3.8, 4) is 0 Å². The summed E-state index contributed by atoms with van der Waals surface area (Å²) in [6.07, 6.45) is 8.77. The molecule has 0 bridgehead atoms. The van der Waals surface area contributed by atoms with Crippen LogP contribution in [0.5, 0.6) is 0 Å². The highest BCUT2D eigenvalue weighted by Crippen LogP contribution is 2.43. The molecule has 1 saturated carbocycles. The molecule has 1 aromatic carbocycles. The molecule has 2 aliphatic rings. The van der Waals surface area contributed by atoms with Gasteiger partial charge in [-0.15, -0.1) is 0 Å². The molecule has 116 valence electrons. The number of rotatable bonds is 4. The Morgan fingerprint density at radius 1 is 1.33 bits per heavy atom. The second-order valence-corrected chi connectivity index (χ2v) is 7.54. The van der Waals surface area contributed by atoms with Crippen molar-refractivity contribution in [2.45, 2.75) is 56.6 Å². The summed E-state index contributed by atoms with van der Waals surface area (Å²) in [5.74, 6) is 0.731. The van der Waals surface area contributed by atoms with Crippen LogP contribution in [0.3, 0.4) is 0 Å². The van der Waals surface area contributed by atoms with Crippen LogP contribution in [0.4, 0.5) is 0 Å². The summed E-state index contributed by atoms with van der Waals surface area (Å²) in [6.45, 7) is 0.943. The van der Waals surface area contributed by atoms with E-state index >= 15 is 0 Å². The molecule has 3 rings (SSSR count). The second kappa shape index (κ2) is 6.80. The van der Waals surface area contributed by atoms with Gasteiger partial charge in [0.2, 0.25) is 0 Å². The Hall–Kier alpha value is -0.380. The molecular formula is C18H26BrNO. The first kappa shape index (κ1) is 15.5. The number of benzene rings is 1. The van der Waals surface area contributed by atoms with Crippen molar-refractivity contribution in [3.63, 3.8) is 0 Å². The van der Waals surface area contributed by atoms with Gasteiger partial charge >= 0.3 is 0 Å². The molecule has 1 heterocycles. The molecule has 0 radical (unpaired) electrons. The molecule has 2 nitrogen and oxygen atoms in total. The summed E-state index contributed by atoms with van der Waals surface area (Å²) in [5, 5.41) is 3.58. The van der Waals surface area contributed by atoms with Gasteiger partial charge in [-0.25, -0.2) is 0 Å². The van der Waals surface area contributed by atoms with Crippen molar-refractivity contribution in [2.24, 2.45) is 5.92 Å². The number of nitrogens with one attached hydrogen (secondary N) is 1. The Morgan fingerprint density at radius 3 is 2.81 bits per heavy atom. The molecule has 1 aromatic rings. The molecule has 2 fully saturated rings. The lowest BCUT2D eigenvalue weighted by atomic mass is 9.79. The maximum absolute atomic E-state index is 6.19. The van der Waals surface area contributed by atoms with Crippen molar-refractivity contribution in [3.05, 3.63) is 34.3 Å². The van der Waals surface area contributed by atoms with Crippen molar-refractivity contribution in [1.82, 2.24) is 5.32 Å². The van der Waals surface area contributed by atoms with E-state index in [1.54, 1.807) is 0 Å². The lowest BCUT2D eigenvalue weighted by molar-refractivity contribution is -0.0975. The van der Waals surface area contributed by atoms with Gasteiger partial charge in [-0.3, -0.25) is 0 Å². The normalized spacial score (nSPS) is 26.1. The highest BCUT2D eigenvalue weighted by Gasteiger charge is 2.41. The molecule has 1 aliphatic carbocycles. The van der Waals surface area contributed by atoms with Crippen molar-refractivity contribution in [1.29, 1.82) is 0 Å². The van der Waals surface area contributed by atoms with E-state index in [-0.39, 0.29) is 5.60 Å². The highest BCUT2D eigenvalue weighted by molar-refractivity contribution is 9.10. The fourth-order valence-corrected chi connectivity index (χ4v) is 4.63. The van der Waals surface area contributed by atoms with Gasteiger partial charge in [-0.05, 0) is 56.7 Å². The van der Waals surface area contributed by atoms with Crippen LogP contribution in [0.25, 0.3) is 0 Å². The lowest BCUT2D eigenvalue weighted by Gasteiger charge is -2.41. The van der Waals surface area contributed by atoms with E-state index in [0.717, 1.165) is 18.9 Å². The molecule has 21 heavy (non-hydrogen) atoms. The van der Waals surface area contributed by atoms with Crippen LogP contribution in [0.1, 0.15) is 44.1 Å². The topological polar surface area (TPSA) is 21.3 Å². The first-order valence-electron chi connectivity index (χ1n) is 8.27. The average Bonchev–Trinajstić information content (AvgIpc) is 2.94. The minimum Gasteiger partial charge on any atom is -0.375 e. The minimum absolute atomic E-state index is 0.214. The van der Waals surface area contributed by atoms with Crippen LogP contribution in [0.2, 0.25) is 0 Å². The van der Waals surface area contributed by atoms with E-state index in [0.29, 0.717) is 6.04 Å². The maximum Gasteiger partial charge on any atom is 0.0685 e. The first-order valence-corrected chi connectivity index (χ1v) is 9.06. The Balaban J connectivity index is 1.69. The molecule has 1 aliphatic heterocycles. The van der Waals surface area contributed by atoms with Crippen LogP contribution in [0.15, 0.2) is 28.7 Å². The van der Waals surface area contributed by atoms with Gasteiger partial charge in [0.05, 0.1) is 5.60 Å². The monoisotopic (exact) mass is 351 g/mol. The third-order valence-corrected chi connectivity index (χ3v) is 6.16. The van der Waals surface area contributed by atoms with Gasteiger partial charge in [-0.2, -0.15) is 0 Å². The summed E-state index contributed by atoms with van der Waals surface area (Å²) < 4.78 is 7.42. The van der Waals surface area contributed by atoms with E-state index in [9.17, 15) is 0 Å². The van der Waals surface area contributed by atoms with Gasteiger partial charge in [0, 0.05) is 17.1 Å². The van der Waals surface area contributed by atoms with Crippen LogP contribution in [-0.2, 0) is 11.2 Å². The number of hydrogen-bond donors (Lipinski definition) is 1. The molecule has 1 N–H and O–H groups in total. The van der Waals surface area contributed by atoms with Gasteiger partial charge in [0.25, 0.3) is 0 Å². The quantitative estimate of drug-likeness (QED) is 0.871. The van der Waals surface area contributed by atoms with Crippen molar-refractivity contribution < 1.29 is 4.74 Å². The predicted molar refractivity (Wildman–Crippen MR) is 90.6 cm³/mol. The number of hydrogen-bond acceptors (Lipinski definition) is 2. The van der Waals surface area contributed by atoms with E-state index in [4.69, 9.17) is 4.74 Å². The molecule has 2 atom stereocenters. The Labute approximate surface area is 136 Å². The van der Waals surface area contributed by atoms with Gasteiger partial charge in [0.1, 0.15) is 0 Å². The zero-order chi connectivity index (χ0) is 14.7. The van der Waals surface area contributed by atoms with Crippen molar-refractivity contribution >= 4 is 15.9 Å². The summed E-state index contributed by atoms with van der Waals surface area (Å²) in [5.41, 5.74) is 1.62. The smallest absolute Gasteiger partial charge is 0.0685 e. The largest absolute Gasteiger partial charge is 0.375 e. The molecule has 2 unspecified atom stereocenters. The van der Waals surface area contributed by atoms with E-state index in [2.05, 4.69) is 52.6 Å². The number of halogens is 1. The third kappa shape index (κ3) is 3.52. The zero-order valence-electron chi connectivity index (χ0n) is 12.9. The summed E-state index contributed by atoms with van der Waals surface area (Å²) >= 11 is 3.69. The van der Waals surface area contributed by atoms with Crippen LogP contribution >= 0.6 is 15.9 Å². The molecule has 1 spiro atoms. The lowest BCUT2D eigenvalue weighted by Crippen LogP contribution is -2.45. The molecule has 0 amide bonds. The van der Waals surface area contributed by atoms with E-state index in [1.807, 2.05) is 0 Å².